The molecule has 1 aromatic rings. The van der Waals surface area contributed by atoms with Gasteiger partial charge in [-0.3, -0.25) is 0 Å². The Morgan fingerprint density at radius 3 is 2.74 bits per heavy atom. The third kappa shape index (κ3) is 4.51. The summed E-state index contributed by atoms with van der Waals surface area (Å²) < 4.78 is 0. The Hall–Kier alpha value is -0.510. The van der Waals surface area contributed by atoms with Gasteiger partial charge in [0.2, 0.25) is 0 Å². The van der Waals surface area contributed by atoms with Crippen LogP contribution in [0.2, 0.25) is 0 Å². The van der Waals surface area contributed by atoms with Crippen molar-refractivity contribution < 1.29 is 5.11 Å². The molecule has 1 aliphatic heterocycles. The summed E-state index contributed by atoms with van der Waals surface area (Å²) in [6.07, 6.45) is 5.25. The average molecular weight is 279 g/mol. The third-order valence-corrected chi connectivity index (χ3v) is 4.70. The number of likely N-dealkylation sites (tertiary alicyclic amines) is 1. The third-order valence-electron chi connectivity index (χ3n) is 3.96. The Balaban J connectivity index is 1.81. The predicted octanol–water partition coefficient (Wildman–Crippen LogP) is 3.56. The molecule has 0 aromatic heterocycles. The molecule has 0 spiro atoms. The molecule has 0 radical (unpaired) electrons. The highest BCUT2D eigenvalue weighted by Gasteiger charge is 2.17. The van der Waals surface area contributed by atoms with E-state index in [0.29, 0.717) is 0 Å². The first kappa shape index (κ1) is 14.9. The minimum atomic E-state index is -0.326. The number of aliphatic hydroxyl groups excluding tert-OH is 1. The average Bonchev–Trinajstić information content (AvgIpc) is 2.45. The van der Waals surface area contributed by atoms with Crippen LogP contribution in [-0.2, 0) is 0 Å². The minimum absolute atomic E-state index is 0.326. The van der Waals surface area contributed by atoms with Gasteiger partial charge in [-0.25, -0.2) is 0 Å². The lowest BCUT2D eigenvalue weighted by atomic mass is 9.99. The van der Waals surface area contributed by atoms with E-state index in [9.17, 15) is 5.11 Å². The number of aliphatic hydroxyl groups is 1. The maximum absolute atomic E-state index is 10.2. The predicted molar refractivity (Wildman–Crippen MR) is 82.6 cm³/mol. The summed E-state index contributed by atoms with van der Waals surface area (Å²) in [6.45, 7) is 5.72. The van der Waals surface area contributed by atoms with Crippen molar-refractivity contribution in [3.63, 3.8) is 0 Å². The van der Waals surface area contributed by atoms with Crippen LogP contribution < -0.4 is 0 Å². The molecule has 0 aliphatic carbocycles. The fourth-order valence-corrected chi connectivity index (χ4v) is 3.20. The number of thioether (sulfide) groups is 1. The smallest absolute Gasteiger partial charge is 0.0802 e. The first-order valence-corrected chi connectivity index (χ1v) is 8.46. The summed E-state index contributed by atoms with van der Waals surface area (Å²) >= 11 is 1.74. The van der Waals surface area contributed by atoms with Gasteiger partial charge in [0.15, 0.2) is 0 Å². The molecule has 1 heterocycles. The lowest BCUT2D eigenvalue weighted by Crippen LogP contribution is -2.35. The Bertz CT molecular complexity index is 379. The molecule has 2 nitrogen and oxygen atoms in total. The fourth-order valence-electron chi connectivity index (χ4n) is 2.79. The van der Waals surface area contributed by atoms with Crippen LogP contribution in [0.4, 0.5) is 0 Å². The SMILES string of the molecule is CSc1ccc(C(O)CCN2CCCC(C)C2)cc1. The number of hydrogen-bond acceptors (Lipinski definition) is 3. The number of rotatable bonds is 5. The van der Waals surface area contributed by atoms with E-state index in [1.807, 2.05) is 0 Å². The summed E-state index contributed by atoms with van der Waals surface area (Å²) in [5.74, 6) is 0.812. The molecule has 2 atom stereocenters. The van der Waals surface area contributed by atoms with Gasteiger partial charge in [0, 0.05) is 18.0 Å². The van der Waals surface area contributed by atoms with Gasteiger partial charge in [0.05, 0.1) is 6.10 Å². The zero-order valence-corrected chi connectivity index (χ0v) is 12.8. The van der Waals surface area contributed by atoms with Crippen molar-refractivity contribution in [1.29, 1.82) is 0 Å². The zero-order chi connectivity index (χ0) is 13.7. The number of nitrogens with zero attached hydrogens (tertiary/aromatic N) is 1. The van der Waals surface area contributed by atoms with Crippen molar-refractivity contribution >= 4 is 11.8 Å². The van der Waals surface area contributed by atoms with Crippen molar-refractivity contribution in [2.45, 2.75) is 37.2 Å². The highest BCUT2D eigenvalue weighted by Crippen LogP contribution is 2.22. The lowest BCUT2D eigenvalue weighted by Gasteiger charge is -2.31. The van der Waals surface area contributed by atoms with Crippen LogP contribution >= 0.6 is 11.8 Å². The molecule has 3 heteroatoms. The molecule has 2 unspecified atom stereocenters. The van der Waals surface area contributed by atoms with E-state index in [0.717, 1.165) is 24.4 Å². The van der Waals surface area contributed by atoms with E-state index in [4.69, 9.17) is 0 Å². The van der Waals surface area contributed by atoms with Crippen LogP contribution in [0.15, 0.2) is 29.2 Å². The molecule has 1 aliphatic rings. The normalized spacial score (nSPS) is 22.4. The maximum atomic E-state index is 10.2. The summed E-state index contributed by atoms with van der Waals surface area (Å²) in [4.78, 5) is 3.74. The Morgan fingerprint density at radius 1 is 1.37 bits per heavy atom. The fraction of sp³-hybridized carbons (Fsp3) is 0.625. The first-order valence-electron chi connectivity index (χ1n) is 7.23. The highest BCUT2D eigenvalue weighted by molar-refractivity contribution is 7.98. The minimum Gasteiger partial charge on any atom is -0.388 e. The number of benzene rings is 1. The van der Waals surface area contributed by atoms with E-state index in [2.05, 4.69) is 42.3 Å². The Labute approximate surface area is 121 Å². The summed E-state index contributed by atoms with van der Waals surface area (Å²) in [5.41, 5.74) is 1.04. The van der Waals surface area contributed by atoms with Gasteiger partial charge in [-0.2, -0.15) is 0 Å². The van der Waals surface area contributed by atoms with Crippen LogP contribution in [0.25, 0.3) is 0 Å². The van der Waals surface area contributed by atoms with Gasteiger partial charge in [-0.15, -0.1) is 11.8 Å². The van der Waals surface area contributed by atoms with Crippen LogP contribution in [0.1, 0.15) is 37.9 Å². The molecule has 1 aromatic carbocycles. The van der Waals surface area contributed by atoms with Gasteiger partial charge < -0.3 is 10.0 Å². The molecule has 2 rings (SSSR count). The van der Waals surface area contributed by atoms with E-state index in [-0.39, 0.29) is 6.10 Å². The van der Waals surface area contributed by atoms with Crippen molar-refractivity contribution in [3.8, 4) is 0 Å². The van der Waals surface area contributed by atoms with Crippen molar-refractivity contribution in [3.05, 3.63) is 29.8 Å². The maximum Gasteiger partial charge on any atom is 0.0802 e. The Kier molecular flexibility index (Phi) is 5.74. The molecule has 1 saturated heterocycles. The molecule has 0 amide bonds. The summed E-state index contributed by atoms with van der Waals surface area (Å²) in [5, 5.41) is 10.2. The molecule has 0 saturated carbocycles. The van der Waals surface area contributed by atoms with Gasteiger partial charge in [-0.1, -0.05) is 19.1 Å². The van der Waals surface area contributed by atoms with Crippen LogP contribution in [0.3, 0.4) is 0 Å². The monoisotopic (exact) mass is 279 g/mol. The Morgan fingerprint density at radius 2 is 2.11 bits per heavy atom. The molecule has 1 N–H and O–H groups in total. The molecule has 0 bridgehead atoms. The molecule has 106 valence electrons. The van der Waals surface area contributed by atoms with Gasteiger partial charge in [0.25, 0.3) is 0 Å². The van der Waals surface area contributed by atoms with Crippen LogP contribution in [0, 0.1) is 5.92 Å². The van der Waals surface area contributed by atoms with E-state index in [1.165, 1.54) is 30.8 Å². The second kappa shape index (κ2) is 7.32. The standard InChI is InChI=1S/C16H25NOS/c1-13-4-3-10-17(12-13)11-9-16(18)14-5-7-15(19-2)8-6-14/h5-8,13,16,18H,3-4,9-12H2,1-2H3. The van der Waals surface area contributed by atoms with Gasteiger partial charge >= 0.3 is 0 Å². The van der Waals surface area contributed by atoms with E-state index in [1.54, 1.807) is 11.8 Å². The molecule has 1 fully saturated rings. The van der Waals surface area contributed by atoms with Crippen molar-refractivity contribution in [1.82, 2.24) is 4.90 Å². The lowest BCUT2D eigenvalue weighted by molar-refractivity contribution is 0.122. The van der Waals surface area contributed by atoms with Crippen molar-refractivity contribution in [2.75, 3.05) is 25.9 Å². The number of piperidine rings is 1. The largest absolute Gasteiger partial charge is 0.388 e. The van der Waals surface area contributed by atoms with E-state index >= 15 is 0 Å². The highest BCUT2D eigenvalue weighted by atomic mass is 32.2. The summed E-state index contributed by atoms with van der Waals surface area (Å²) in [6, 6.07) is 8.28. The summed E-state index contributed by atoms with van der Waals surface area (Å²) in [7, 11) is 0. The first-order chi connectivity index (χ1) is 9.19. The van der Waals surface area contributed by atoms with Gasteiger partial charge in [-0.05, 0) is 55.7 Å². The van der Waals surface area contributed by atoms with Crippen molar-refractivity contribution in [2.24, 2.45) is 5.92 Å². The van der Waals surface area contributed by atoms with Crippen LogP contribution in [-0.4, -0.2) is 35.9 Å². The van der Waals surface area contributed by atoms with Crippen LogP contribution in [0.5, 0.6) is 0 Å². The second-order valence-corrected chi connectivity index (χ2v) is 6.51. The van der Waals surface area contributed by atoms with E-state index < -0.39 is 0 Å². The van der Waals surface area contributed by atoms with Gasteiger partial charge in [0.1, 0.15) is 0 Å². The molecule has 19 heavy (non-hydrogen) atoms. The molecular weight excluding hydrogens is 254 g/mol. The second-order valence-electron chi connectivity index (χ2n) is 5.63. The topological polar surface area (TPSA) is 23.5 Å². The zero-order valence-electron chi connectivity index (χ0n) is 12.0. The number of hydrogen-bond donors (Lipinski definition) is 1. The molecular formula is C16H25NOS. The quantitative estimate of drug-likeness (QED) is 0.834.